The number of amides is 1. The largest absolute Gasteiger partial charge is 0.494 e. The number of nitrogens with one attached hydrogen (secondary N) is 1. The van der Waals surface area contributed by atoms with Gasteiger partial charge < -0.3 is 14.6 Å². The summed E-state index contributed by atoms with van der Waals surface area (Å²) in [6.07, 6.45) is 4.52. The summed E-state index contributed by atoms with van der Waals surface area (Å²) in [5.41, 5.74) is 3.54. The van der Waals surface area contributed by atoms with Crippen molar-refractivity contribution in [2.75, 3.05) is 13.2 Å². The number of hydrogen-bond acceptors (Lipinski definition) is 3. The van der Waals surface area contributed by atoms with Crippen LogP contribution in [-0.2, 0) is 17.8 Å². The summed E-state index contributed by atoms with van der Waals surface area (Å²) in [7, 11) is 0. The van der Waals surface area contributed by atoms with Crippen molar-refractivity contribution in [3.05, 3.63) is 59.9 Å². The molecule has 5 nitrogen and oxygen atoms in total. The van der Waals surface area contributed by atoms with Gasteiger partial charge in [-0.3, -0.25) is 4.79 Å². The Hall–Kier alpha value is -2.82. The maximum atomic E-state index is 10.4. The predicted molar refractivity (Wildman–Crippen MR) is 117 cm³/mol. The minimum Gasteiger partial charge on any atom is -0.494 e. The van der Waals surface area contributed by atoms with E-state index in [9.17, 15) is 4.79 Å². The SMILES string of the molecule is CCC(C)c1ccc(OCCCn2c(CCCNC=O)nc3ccccc32)cc1. The normalized spacial score (nSPS) is 12.1. The standard InChI is InChI=1S/C24H31N3O2/c1-3-19(2)20-11-13-21(14-12-20)29-17-7-16-27-23-9-5-4-8-22(23)26-24(27)10-6-15-25-18-28/h4-5,8-9,11-14,18-19H,3,6-7,10,15-17H2,1-2H3,(H,25,28). The van der Waals surface area contributed by atoms with Gasteiger partial charge in [-0.1, -0.05) is 38.1 Å². The van der Waals surface area contributed by atoms with Crippen molar-refractivity contribution in [1.82, 2.24) is 14.9 Å². The van der Waals surface area contributed by atoms with Crippen molar-refractivity contribution < 1.29 is 9.53 Å². The fraction of sp³-hybridized carbons (Fsp3) is 0.417. The van der Waals surface area contributed by atoms with Crippen molar-refractivity contribution in [2.45, 2.75) is 52.0 Å². The molecule has 1 heterocycles. The molecule has 0 saturated heterocycles. The average molecular weight is 394 g/mol. The van der Waals surface area contributed by atoms with E-state index in [1.54, 1.807) is 0 Å². The molecule has 0 saturated carbocycles. The number of rotatable bonds is 12. The number of aryl methyl sites for hydroxylation is 2. The summed E-state index contributed by atoms with van der Waals surface area (Å²) in [5, 5.41) is 2.72. The Kier molecular flexibility index (Phi) is 7.68. The van der Waals surface area contributed by atoms with E-state index in [0.717, 1.165) is 61.2 Å². The van der Waals surface area contributed by atoms with Gasteiger partial charge >= 0.3 is 0 Å². The average Bonchev–Trinajstić information content (AvgIpc) is 3.11. The van der Waals surface area contributed by atoms with Crippen LogP contribution in [0, 0.1) is 0 Å². The first-order valence-corrected chi connectivity index (χ1v) is 10.6. The Morgan fingerprint density at radius 3 is 2.69 bits per heavy atom. The topological polar surface area (TPSA) is 56.1 Å². The minimum atomic E-state index is 0.582. The van der Waals surface area contributed by atoms with Crippen molar-refractivity contribution in [2.24, 2.45) is 0 Å². The van der Waals surface area contributed by atoms with E-state index < -0.39 is 0 Å². The maximum absolute atomic E-state index is 10.4. The molecule has 0 aliphatic carbocycles. The lowest BCUT2D eigenvalue weighted by Gasteiger charge is -2.12. The molecule has 3 aromatic rings. The molecule has 1 unspecified atom stereocenters. The van der Waals surface area contributed by atoms with E-state index in [-0.39, 0.29) is 0 Å². The van der Waals surface area contributed by atoms with Gasteiger partial charge in [0.25, 0.3) is 0 Å². The second-order valence-corrected chi connectivity index (χ2v) is 7.42. The molecule has 0 spiro atoms. The van der Waals surface area contributed by atoms with E-state index in [2.05, 4.69) is 54.1 Å². The number of carbonyl (C=O) groups excluding carboxylic acids is 1. The zero-order valence-corrected chi connectivity index (χ0v) is 17.4. The molecule has 2 aromatic carbocycles. The molecule has 0 aliphatic rings. The van der Waals surface area contributed by atoms with Gasteiger partial charge in [0.1, 0.15) is 11.6 Å². The van der Waals surface area contributed by atoms with Crippen LogP contribution in [0.4, 0.5) is 0 Å². The zero-order chi connectivity index (χ0) is 20.5. The number of nitrogens with zero attached hydrogens (tertiary/aromatic N) is 2. The molecule has 154 valence electrons. The van der Waals surface area contributed by atoms with Crippen LogP contribution < -0.4 is 10.1 Å². The monoisotopic (exact) mass is 393 g/mol. The zero-order valence-electron chi connectivity index (χ0n) is 17.4. The Labute approximate surface area is 173 Å². The summed E-state index contributed by atoms with van der Waals surface area (Å²) >= 11 is 0. The van der Waals surface area contributed by atoms with E-state index >= 15 is 0 Å². The quantitative estimate of drug-likeness (QED) is 0.358. The molecule has 0 aliphatic heterocycles. The molecule has 29 heavy (non-hydrogen) atoms. The Morgan fingerprint density at radius 2 is 1.93 bits per heavy atom. The van der Waals surface area contributed by atoms with Gasteiger partial charge in [-0.05, 0) is 55.0 Å². The van der Waals surface area contributed by atoms with Crippen molar-refractivity contribution in [3.8, 4) is 5.75 Å². The summed E-state index contributed by atoms with van der Waals surface area (Å²) < 4.78 is 8.24. The Balaban J connectivity index is 1.57. The van der Waals surface area contributed by atoms with E-state index in [1.165, 1.54) is 5.56 Å². The van der Waals surface area contributed by atoms with Crippen molar-refractivity contribution >= 4 is 17.4 Å². The lowest BCUT2D eigenvalue weighted by molar-refractivity contribution is -0.109. The molecule has 1 amide bonds. The summed E-state index contributed by atoms with van der Waals surface area (Å²) in [4.78, 5) is 15.2. The number of aromatic nitrogens is 2. The first kappa shape index (κ1) is 20.9. The highest BCUT2D eigenvalue weighted by Crippen LogP contribution is 2.22. The number of hydrogen-bond donors (Lipinski definition) is 1. The molecule has 0 bridgehead atoms. The number of imidazole rings is 1. The number of ether oxygens (including phenoxy) is 1. The smallest absolute Gasteiger partial charge is 0.207 e. The molecular weight excluding hydrogens is 362 g/mol. The lowest BCUT2D eigenvalue weighted by Crippen LogP contribution is -2.14. The molecular formula is C24H31N3O2. The second kappa shape index (κ2) is 10.6. The molecule has 1 aromatic heterocycles. The molecule has 0 fully saturated rings. The molecule has 1 N–H and O–H groups in total. The summed E-state index contributed by atoms with van der Waals surface area (Å²) in [5.74, 6) is 2.57. The summed E-state index contributed by atoms with van der Waals surface area (Å²) in [6, 6.07) is 16.7. The van der Waals surface area contributed by atoms with Crippen LogP contribution in [0.1, 0.15) is 50.4 Å². The van der Waals surface area contributed by atoms with Gasteiger partial charge in [0.05, 0.1) is 17.6 Å². The van der Waals surface area contributed by atoms with Gasteiger partial charge in [-0.25, -0.2) is 4.98 Å². The van der Waals surface area contributed by atoms with Crippen LogP contribution in [0.3, 0.4) is 0 Å². The number of para-hydroxylation sites is 2. The van der Waals surface area contributed by atoms with Crippen LogP contribution in [0.5, 0.6) is 5.75 Å². The van der Waals surface area contributed by atoms with Gasteiger partial charge in [0.15, 0.2) is 0 Å². The highest BCUT2D eigenvalue weighted by molar-refractivity contribution is 5.75. The van der Waals surface area contributed by atoms with Crippen LogP contribution in [0.15, 0.2) is 48.5 Å². The van der Waals surface area contributed by atoms with E-state index in [1.807, 2.05) is 18.2 Å². The maximum Gasteiger partial charge on any atom is 0.207 e. The fourth-order valence-corrected chi connectivity index (χ4v) is 3.51. The fourth-order valence-electron chi connectivity index (χ4n) is 3.51. The highest BCUT2D eigenvalue weighted by Gasteiger charge is 2.10. The van der Waals surface area contributed by atoms with Crippen molar-refractivity contribution in [1.29, 1.82) is 0 Å². The van der Waals surface area contributed by atoms with Gasteiger partial charge in [0.2, 0.25) is 6.41 Å². The minimum absolute atomic E-state index is 0.582. The van der Waals surface area contributed by atoms with Crippen LogP contribution in [-0.4, -0.2) is 29.1 Å². The van der Waals surface area contributed by atoms with Crippen LogP contribution in [0.2, 0.25) is 0 Å². The van der Waals surface area contributed by atoms with Crippen LogP contribution >= 0.6 is 0 Å². The van der Waals surface area contributed by atoms with E-state index in [0.29, 0.717) is 19.1 Å². The second-order valence-electron chi connectivity index (χ2n) is 7.42. The van der Waals surface area contributed by atoms with Crippen molar-refractivity contribution in [3.63, 3.8) is 0 Å². The van der Waals surface area contributed by atoms with Crippen LogP contribution in [0.25, 0.3) is 11.0 Å². The number of benzene rings is 2. The Bertz CT molecular complexity index is 902. The predicted octanol–water partition coefficient (Wildman–Crippen LogP) is 4.70. The Morgan fingerprint density at radius 1 is 1.14 bits per heavy atom. The molecule has 5 heteroatoms. The van der Waals surface area contributed by atoms with Gasteiger partial charge in [-0.2, -0.15) is 0 Å². The highest BCUT2D eigenvalue weighted by atomic mass is 16.5. The van der Waals surface area contributed by atoms with E-state index in [4.69, 9.17) is 9.72 Å². The first-order chi connectivity index (χ1) is 14.2. The number of fused-ring (bicyclic) bond motifs is 1. The molecule has 3 rings (SSSR count). The third-order valence-electron chi connectivity index (χ3n) is 5.39. The van der Waals surface area contributed by atoms with Gasteiger partial charge in [0, 0.05) is 19.5 Å². The molecule has 0 radical (unpaired) electrons. The lowest BCUT2D eigenvalue weighted by atomic mass is 9.99. The first-order valence-electron chi connectivity index (χ1n) is 10.6. The number of carbonyl (C=O) groups is 1. The summed E-state index contributed by atoms with van der Waals surface area (Å²) in [6.45, 7) is 6.66. The third kappa shape index (κ3) is 5.59. The van der Waals surface area contributed by atoms with Gasteiger partial charge in [-0.15, -0.1) is 0 Å². The molecule has 1 atom stereocenters. The third-order valence-corrected chi connectivity index (χ3v) is 5.39.